The molecular formula is C19H38INO2. The average molecular weight is 439 g/mol. The smallest absolute Gasteiger partial charge is 0.302 e. The number of carbonyl (C=O) groups excluding carboxylic acids is 1. The molecule has 1 saturated heterocycles. The van der Waals surface area contributed by atoms with E-state index in [1.807, 2.05) is 0 Å². The standard InChI is InChI=1S/C19H38NO2.HI/c1-19(21)22-18-14-9-7-5-3-4-6-8-11-15-20(2)16-12-10-13-17-20;/h3-18H2,1-2H3;1H/q+1;/p-1. The number of hydrogen-bond donors (Lipinski definition) is 0. The van der Waals surface area contributed by atoms with Gasteiger partial charge in [0.25, 0.3) is 0 Å². The van der Waals surface area contributed by atoms with E-state index < -0.39 is 0 Å². The van der Waals surface area contributed by atoms with Gasteiger partial charge in [-0.05, 0) is 38.5 Å². The number of esters is 1. The molecule has 0 amide bonds. The molecule has 0 spiro atoms. The molecule has 1 aliphatic rings. The van der Waals surface area contributed by atoms with Crippen LogP contribution in [0.5, 0.6) is 0 Å². The van der Waals surface area contributed by atoms with Crippen LogP contribution < -0.4 is 24.0 Å². The Kier molecular flexibility index (Phi) is 14.6. The molecular weight excluding hydrogens is 401 g/mol. The molecule has 0 aromatic carbocycles. The van der Waals surface area contributed by atoms with Gasteiger partial charge in [-0.3, -0.25) is 4.79 Å². The van der Waals surface area contributed by atoms with Gasteiger partial charge in [0.05, 0.1) is 33.3 Å². The molecule has 0 bridgehead atoms. The summed E-state index contributed by atoms with van der Waals surface area (Å²) < 4.78 is 6.27. The number of halogens is 1. The maximum Gasteiger partial charge on any atom is 0.302 e. The van der Waals surface area contributed by atoms with Crippen molar-refractivity contribution in [3.63, 3.8) is 0 Å². The summed E-state index contributed by atoms with van der Waals surface area (Å²) in [6.07, 6.45) is 16.2. The Bertz CT molecular complexity index is 291. The number of rotatable bonds is 12. The zero-order valence-electron chi connectivity index (χ0n) is 15.5. The number of likely N-dealkylation sites (tertiary alicyclic amines) is 1. The molecule has 0 unspecified atom stereocenters. The highest BCUT2D eigenvalue weighted by Gasteiger charge is 2.23. The van der Waals surface area contributed by atoms with Gasteiger partial charge in [-0.25, -0.2) is 0 Å². The van der Waals surface area contributed by atoms with E-state index in [4.69, 9.17) is 4.74 Å². The summed E-state index contributed by atoms with van der Waals surface area (Å²) >= 11 is 0. The number of hydrogen-bond acceptors (Lipinski definition) is 2. The van der Waals surface area contributed by atoms with Crippen molar-refractivity contribution in [3.8, 4) is 0 Å². The quantitative estimate of drug-likeness (QED) is 0.200. The highest BCUT2D eigenvalue weighted by atomic mass is 127. The molecule has 0 saturated carbocycles. The summed E-state index contributed by atoms with van der Waals surface area (Å²) in [4.78, 5) is 10.6. The van der Waals surface area contributed by atoms with Gasteiger partial charge in [-0.15, -0.1) is 0 Å². The van der Waals surface area contributed by atoms with Gasteiger partial charge in [0.2, 0.25) is 0 Å². The number of unbranched alkanes of at least 4 members (excludes halogenated alkanes) is 8. The zero-order chi connectivity index (χ0) is 16.1. The van der Waals surface area contributed by atoms with Crippen LogP contribution in [0, 0.1) is 0 Å². The van der Waals surface area contributed by atoms with Crippen molar-refractivity contribution in [2.45, 2.75) is 84.0 Å². The van der Waals surface area contributed by atoms with Gasteiger partial charge in [0.15, 0.2) is 0 Å². The maximum atomic E-state index is 10.6. The molecule has 4 heteroatoms. The van der Waals surface area contributed by atoms with E-state index in [0.29, 0.717) is 6.61 Å². The fourth-order valence-corrected chi connectivity index (χ4v) is 3.55. The normalized spacial score (nSPS) is 16.6. The molecule has 0 aliphatic carbocycles. The van der Waals surface area contributed by atoms with E-state index in [0.717, 1.165) is 6.42 Å². The van der Waals surface area contributed by atoms with Crippen molar-refractivity contribution in [1.29, 1.82) is 0 Å². The van der Waals surface area contributed by atoms with Crippen molar-refractivity contribution >= 4 is 5.97 Å². The molecule has 1 aliphatic heterocycles. The lowest BCUT2D eigenvalue weighted by atomic mass is 10.1. The maximum absolute atomic E-state index is 10.6. The Labute approximate surface area is 161 Å². The Hall–Kier alpha value is 0.160. The molecule has 0 atom stereocenters. The number of carbonyl (C=O) groups is 1. The monoisotopic (exact) mass is 439 g/mol. The van der Waals surface area contributed by atoms with Crippen molar-refractivity contribution in [1.82, 2.24) is 0 Å². The van der Waals surface area contributed by atoms with Gasteiger partial charge in [0.1, 0.15) is 0 Å². The minimum atomic E-state index is -0.152. The van der Waals surface area contributed by atoms with Crippen LogP contribution in [0.2, 0.25) is 0 Å². The van der Waals surface area contributed by atoms with Crippen molar-refractivity contribution in [2.24, 2.45) is 0 Å². The molecule has 1 rings (SSSR count). The van der Waals surface area contributed by atoms with Crippen LogP contribution in [0.15, 0.2) is 0 Å². The van der Waals surface area contributed by atoms with Gasteiger partial charge in [0, 0.05) is 6.92 Å². The fraction of sp³-hybridized carbons (Fsp3) is 0.947. The molecule has 0 aromatic rings. The first-order valence-corrected chi connectivity index (χ1v) is 9.59. The topological polar surface area (TPSA) is 26.3 Å². The first kappa shape index (κ1) is 23.2. The largest absolute Gasteiger partial charge is 1.00 e. The minimum Gasteiger partial charge on any atom is -1.00 e. The van der Waals surface area contributed by atoms with Gasteiger partial charge < -0.3 is 33.2 Å². The van der Waals surface area contributed by atoms with Crippen molar-refractivity contribution < 1.29 is 38.0 Å². The van der Waals surface area contributed by atoms with E-state index >= 15 is 0 Å². The number of quaternary nitrogens is 1. The lowest BCUT2D eigenvalue weighted by Crippen LogP contribution is -3.00. The average Bonchev–Trinajstić information content (AvgIpc) is 2.49. The summed E-state index contributed by atoms with van der Waals surface area (Å²) in [5, 5.41) is 0. The molecule has 0 aromatic heterocycles. The van der Waals surface area contributed by atoms with Crippen LogP contribution in [0.3, 0.4) is 0 Å². The summed E-state index contributed by atoms with van der Waals surface area (Å²) in [6.45, 7) is 6.30. The van der Waals surface area contributed by atoms with Crippen LogP contribution in [-0.2, 0) is 9.53 Å². The fourth-order valence-electron chi connectivity index (χ4n) is 3.55. The predicted molar refractivity (Wildman–Crippen MR) is 92.8 cm³/mol. The summed E-state index contributed by atoms with van der Waals surface area (Å²) in [5.74, 6) is -0.152. The minimum absolute atomic E-state index is 0. The van der Waals surface area contributed by atoms with E-state index in [2.05, 4.69) is 7.05 Å². The zero-order valence-corrected chi connectivity index (χ0v) is 17.6. The number of piperidine rings is 1. The van der Waals surface area contributed by atoms with E-state index in [9.17, 15) is 4.79 Å². The SMILES string of the molecule is CC(=O)OCCCCCCCCCCC[N+]1(C)CCCCC1.[I-]. The number of nitrogens with zero attached hydrogens (tertiary/aromatic N) is 1. The van der Waals surface area contributed by atoms with E-state index in [-0.39, 0.29) is 29.9 Å². The van der Waals surface area contributed by atoms with Crippen molar-refractivity contribution in [3.05, 3.63) is 0 Å². The third-order valence-electron chi connectivity index (χ3n) is 5.04. The first-order valence-electron chi connectivity index (χ1n) is 9.59. The Morgan fingerprint density at radius 2 is 1.30 bits per heavy atom. The molecule has 3 nitrogen and oxygen atoms in total. The molecule has 0 radical (unpaired) electrons. The third-order valence-corrected chi connectivity index (χ3v) is 5.04. The summed E-state index contributed by atoms with van der Waals surface area (Å²) in [7, 11) is 2.45. The third kappa shape index (κ3) is 13.2. The second-order valence-electron chi connectivity index (χ2n) is 7.37. The molecule has 1 heterocycles. The first-order chi connectivity index (χ1) is 10.6. The van der Waals surface area contributed by atoms with Gasteiger partial charge in [-0.2, -0.15) is 0 Å². The van der Waals surface area contributed by atoms with Crippen LogP contribution in [0.25, 0.3) is 0 Å². The van der Waals surface area contributed by atoms with Gasteiger partial charge in [-0.1, -0.05) is 38.5 Å². The Morgan fingerprint density at radius 3 is 1.83 bits per heavy atom. The summed E-state index contributed by atoms with van der Waals surface area (Å²) in [6, 6.07) is 0. The molecule has 1 fully saturated rings. The lowest BCUT2D eigenvalue weighted by molar-refractivity contribution is -0.914. The Morgan fingerprint density at radius 1 is 0.826 bits per heavy atom. The molecule has 23 heavy (non-hydrogen) atoms. The molecule has 138 valence electrons. The highest BCUT2D eigenvalue weighted by molar-refractivity contribution is 5.65. The van der Waals surface area contributed by atoms with Crippen LogP contribution in [0.1, 0.15) is 84.0 Å². The lowest BCUT2D eigenvalue weighted by Gasteiger charge is -2.37. The van der Waals surface area contributed by atoms with Crippen LogP contribution >= 0.6 is 0 Å². The summed E-state index contributed by atoms with van der Waals surface area (Å²) in [5.41, 5.74) is 0. The van der Waals surface area contributed by atoms with E-state index in [1.54, 1.807) is 0 Å². The number of ether oxygens (including phenoxy) is 1. The second kappa shape index (κ2) is 14.5. The predicted octanol–water partition coefficient (Wildman–Crippen LogP) is 1.69. The van der Waals surface area contributed by atoms with Crippen molar-refractivity contribution in [2.75, 3.05) is 33.3 Å². The molecule has 0 N–H and O–H groups in total. The van der Waals surface area contributed by atoms with Gasteiger partial charge >= 0.3 is 5.97 Å². The highest BCUT2D eigenvalue weighted by Crippen LogP contribution is 2.18. The van der Waals surface area contributed by atoms with Crippen LogP contribution in [-0.4, -0.2) is 43.7 Å². The second-order valence-corrected chi connectivity index (χ2v) is 7.37. The Balaban J connectivity index is 0.00000484. The van der Waals surface area contributed by atoms with Crippen LogP contribution in [0.4, 0.5) is 0 Å². The van der Waals surface area contributed by atoms with E-state index in [1.165, 1.54) is 102 Å².